The van der Waals surface area contributed by atoms with Crippen molar-refractivity contribution < 1.29 is 19.4 Å². The van der Waals surface area contributed by atoms with E-state index in [1.165, 1.54) is 6.07 Å². The standard InChI is InChI=1S/C10H6BrFN2O3/c11-4-1-2-5(12)8(9(4)15)6-3-7(10(16)17)14-13-6/h1-3,15H,(H,13,14)(H,16,17). The van der Waals surface area contributed by atoms with Gasteiger partial charge in [-0.2, -0.15) is 5.10 Å². The van der Waals surface area contributed by atoms with Crippen molar-refractivity contribution in [2.45, 2.75) is 0 Å². The van der Waals surface area contributed by atoms with E-state index in [1.807, 2.05) is 0 Å². The average molecular weight is 301 g/mol. The molecule has 0 fully saturated rings. The molecule has 7 heteroatoms. The van der Waals surface area contributed by atoms with Crippen LogP contribution in [-0.2, 0) is 0 Å². The van der Waals surface area contributed by atoms with Gasteiger partial charge in [0.05, 0.1) is 15.7 Å². The van der Waals surface area contributed by atoms with Gasteiger partial charge in [0.1, 0.15) is 17.3 Å². The maximum absolute atomic E-state index is 13.5. The molecular formula is C10H6BrFN2O3. The lowest BCUT2D eigenvalue weighted by Crippen LogP contribution is -1.95. The maximum Gasteiger partial charge on any atom is 0.353 e. The van der Waals surface area contributed by atoms with Crippen molar-refractivity contribution in [1.29, 1.82) is 0 Å². The molecule has 0 unspecified atom stereocenters. The highest BCUT2D eigenvalue weighted by Gasteiger charge is 2.18. The van der Waals surface area contributed by atoms with E-state index in [0.717, 1.165) is 12.1 Å². The smallest absolute Gasteiger partial charge is 0.353 e. The molecule has 0 amide bonds. The third-order valence-electron chi connectivity index (χ3n) is 2.14. The number of carbonyl (C=O) groups is 1. The van der Waals surface area contributed by atoms with Gasteiger partial charge in [-0.25, -0.2) is 9.18 Å². The van der Waals surface area contributed by atoms with Crippen LogP contribution in [-0.4, -0.2) is 26.4 Å². The molecule has 0 aliphatic heterocycles. The van der Waals surface area contributed by atoms with Crippen LogP contribution in [0, 0.1) is 5.82 Å². The number of benzene rings is 1. The van der Waals surface area contributed by atoms with Gasteiger partial charge in [-0.15, -0.1) is 0 Å². The Morgan fingerprint density at radius 1 is 1.47 bits per heavy atom. The lowest BCUT2D eigenvalue weighted by Gasteiger charge is -2.04. The number of nitrogens with zero attached hydrogens (tertiary/aromatic N) is 1. The van der Waals surface area contributed by atoms with Crippen LogP contribution in [0.4, 0.5) is 4.39 Å². The van der Waals surface area contributed by atoms with E-state index < -0.39 is 11.8 Å². The number of aromatic carboxylic acids is 1. The number of hydrogen-bond acceptors (Lipinski definition) is 3. The van der Waals surface area contributed by atoms with Crippen LogP contribution in [0.15, 0.2) is 22.7 Å². The number of aromatic nitrogens is 2. The molecule has 1 aromatic heterocycles. The van der Waals surface area contributed by atoms with E-state index in [-0.39, 0.29) is 22.7 Å². The Balaban J connectivity index is 2.60. The van der Waals surface area contributed by atoms with Crippen molar-refractivity contribution in [2.75, 3.05) is 0 Å². The summed E-state index contributed by atoms with van der Waals surface area (Å²) < 4.78 is 13.8. The van der Waals surface area contributed by atoms with Crippen LogP contribution in [0.3, 0.4) is 0 Å². The van der Waals surface area contributed by atoms with E-state index in [4.69, 9.17) is 5.11 Å². The first-order valence-electron chi connectivity index (χ1n) is 4.46. The van der Waals surface area contributed by atoms with Gasteiger partial charge in [-0.1, -0.05) is 0 Å². The van der Waals surface area contributed by atoms with Gasteiger partial charge in [0.2, 0.25) is 0 Å². The van der Waals surface area contributed by atoms with Crippen molar-refractivity contribution in [3.63, 3.8) is 0 Å². The number of nitrogens with one attached hydrogen (secondary N) is 1. The summed E-state index contributed by atoms with van der Waals surface area (Å²) in [6.45, 7) is 0. The van der Waals surface area contributed by atoms with Gasteiger partial charge in [0.15, 0.2) is 0 Å². The first-order chi connectivity index (χ1) is 8.00. The zero-order valence-electron chi connectivity index (χ0n) is 8.24. The van der Waals surface area contributed by atoms with Crippen molar-refractivity contribution in [2.24, 2.45) is 0 Å². The highest BCUT2D eigenvalue weighted by molar-refractivity contribution is 9.10. The third kappa shape index (κ3) is 2.01. The van der Waals surface area contributed by atoms with Gasteiger partial charge in [-0.3, -0.25) is 5.10 Å². The van der Waals surface area contributed by atoms with E-state index in [1.54, 1.807) is 0 Å². The molecule has 1 aromatic carbocycles. The summed E-state index contributed by atoms with van der Waals surface area (Å²) in [5.41, 5.74) is -0.305. The minimum Gasteiger partial charge on any atom is -0.506 e. The van der Waals surface area contributed by atoms with Crippen molar-refractivity contribution in [3.8, 4) is 17.0 Å². The molecule has 5 nitrogen and oxygen atoms in total. The molecule has 0 spiro atoms. The molecule has 0 aliphatic rings. The van der Waals surface area contributed by atoms with Crippen LogP contribution < -0.4 is 0 Å². The van der Waals surface area contributed by atoms with Crippen LogP contribution >= 0.6 is 15.9 Å². The summed E-state index contributed by atoms with van der Waals surface area (Å²) in [5.74, 6) is -2.22. The highest BCUT2D eigenvalue weighted by Crippen LogP contribution is 2.36. The highest BCUT2D eigenvalue weighted by atomic mass is 79.9. The van der Waals surface area contributed by atoms with Crippen LogP contribution in [0.2, 0.25) is 0 Å². The number of aromatic hydroxyl groups is 1. The second kappa shape index (κ2) is 4.17. The predicted octanol–water partition coefficient (Wildman–Crippen LogP) is 2.38. The molecule has 88 valence electrons. The Morgan fingerprint density at radius 3 is 2.76 bits per heavy atom. The minimum absolute atomic E-state index is 0.0266. The average Bonchev–Trinajstić information content (AvgIpc) is 2.73. The molecule has 17 heavy (non-hydrogen) atoms. The number of carboxylic acids is 1. The van der Waals surface area contributed by atoms with Gasteiger partial charge in [0, 0.05) is 0 Å². The Kier molecular flexibility index (Phi) is 2.84. The Morgan fingerprint density at radius 2 is 2.18 bits per heavy atom. The normalized spacial score (nSPS) is 10.5. The fourth-order valence-corrected chi connectivity index (χ4v) is 1.67. The summed E-state index contributed by atoms with van der Waals surface area (Å²) in [7, 11) is 0. The number of hydrogen-bond donors (Lipinski definition) is 3. The van der Waals surface area contributed by atoms with Gasteiger partial charge < -0.3 is 10.2 Å². The molecular weight excluding hydrogens is 295 g/mol. The number of phenolic OH excluding ortho intramolecular Hbond substituents is 1. The lowest BCUT2D eigenvalue weighted by atomic mass is 10.1. The molecule has 2 aromatic rings. The second-order valence-corrected chi connectivity index (χ2v) is 4.08. The molecule has 0 saturated heterocycles. The number of phenols is 1. The largest absolute Gasteiger partial charge is 0.506 e. The van der Waals surface area contributed by atoms with E-state index in [9.17, 15) is 14.3 Å². The summed E-state index contributed by atoms with van der Waals surface area (Å²) in [6.07, 6.45) is 0. The Hall–Kier alpha value is -1.89. The number of H-pyrrole nitrogens is 1. The fraction of sp³-hybridized carbons (Fsp3) is 0. The van der Waals surface area contributed by atoms with Crippen molar-refractivity contribution in [1.82, 2.24) is 10.2 Å². The summed E-state index contributed by atoms with van der Waals surface area (Å²) in [5, 5.41) is 24.3. The minimum atomic E-state index is -1.21. The predicted molar refractivity (Wildman–Crippen MR) is 60.3 cm³/mol. The van der Waals surface area contributed by atoms with E-state index >= 15 is 0 Å². The first-order valence-corrected chi connectivity index (χ1v) is 5.26. The number of carboxylic acid groups (broad SMARTS) is 1. The number of aromatic amines is 1. The van der Waals surface area contributed by atoms with Crippen LogP contribution in [0.1, 0.15) is 10.5 Å². The quantitative estimate of drug-likeness (QED) is 0.795. The van der Waals surface area contributed by atoms with Crippen molar-refractivity contribution in [3.05, 3.63) is 34.2 Å². The molecule has 0 radical (unpaired) electrons. The van der Waals surface area contributed by atoms with Gasteiger partial charge in [-0.05, 0) is 34.1 Å². The second-order valence-electron chi connectivity index (χ2n) is 3.22. The molecule has 0 saturated carbocycles. The van der Waals surface area contributed by atoms with Crippen LogP contribution in [0.5, 0.6) is 5.75 Å². The molecule has 0 bridgehead atoms. The Labute approximate surface area is 103 Å². The number of rotatable bonds is 2. The molecule has 3 N–H and O–H groups in total. The number of halogens is 2. The monoisotopic (exact) mass is 300 g/mol. The maximum atomic E-state index is 13.5. The lowest BCUT2D eigenvalue weighted by molar-refractivity contribution is 0.0690. The topological polar surface area (TPSA) is 86.2 Å². The SMILES string of the molecule is O=C(O)c1cc(-c2c(F)ccc(Br)c2O)n[nH]1. The van der Waals surface area contributed by atoms with Crippen LogP contribution in [0.25, 0.3) is 11.3 Å². The first kappa shape index (κ1) is 11.6. The molecule has 1 heterocycles. The summed E-state index contributed by atoms with van der Waals surface area (Å²) in [6, 6.07) is 3.64. The molecule has 0 atom stereocenters. The molecule has 2 rings (SSSR count). The zero-order valence-corrected chi connectivity index (χ0v) is 9.82. The Bertz CT molecular complexity index is 597. The summed E-state index contributed by atoms with van der Waals surface area (Å²) >= 11 is 3.04. The van der Waals surface area contributed by atoms with Crippen molar-refractivity contribution >= 4 is 21.9 Å². The van der Waals surface area contributed by atoms with E-state index in [0.29, 0.717) is 4.47 Å². The van der Waals surface area contributed by atoms with E-state index in [2.05, 4.69) is 26.1 Å². The van der Waals surface area contributed by atoms with Gasteiger partial charge >= 0.3 is 5.97 Å². The zero-order chi connectivity index (χ0) is 12.6. The third-order valence-corrected chi connectivity index (χ3v) is 2.78. The fourth-order valence-electron chi connectivity index (χ4n) is 1.34. The van der Waals surface area contributed by atoms with Gasteiger partial charge in [0.25, 0.3) is 0 Å². The molecule has 0 aliphatic carbocycles. The summed E-state index contributed by atoms with van der Waals surface area (Å²) in [4.78, 5) is 10.6.